The van der Waals surface area contributed by atoms with Gasteiger partial charge in [0.1, 0.15) is 5.75 Å². The molecule has 1 aliphatic rings. The maximum atomic E-state index is 11.2. The lowest BCUT2D eigenvalue weighted by Gasteiger charge is -2.16. The molecular weight excluding hydrogens is 198 g/mol. The Morgan fingerprint density at radius 3 is 3.07 bits per heavy atom. The standard InChI is InChI=1S/C10H9NO4/c1-14-10(13)6-2-3-8-7(4-6)11-9(12)5-15-8/h2-5,11-12H,1H3. The molecule has 2 rings (SSSR count). The predicted octanol–water partition coefficient (Wildman–Crippen LogP) is 1.63. The molecule has 0 aliphatic carbocycles. The minimum Gasteiger partial charge on any atom is -0.492 e. The molecule has 0 unspecified atom stereocenters. The molecule has 78 valence electrons. The molecular formula is C10H9NO4. The van der Waals surface area contributed by atoms with Crippen molar-refractivity contribution in [1.29, 1.82) is 0 Å². The Balaban J connectivity index is 2.35. The third kappa shape index (κ3) is 1.71. The second kappa shape index (κ2) is 3.53. The highest BCUT2D eigenvalue weighted by Crippen LogP contribution is 2.30. The largest absolute Gasteiger partial charge is 0.492 e. The van der Waals surface area contributed by atoms with Crippen molar-refractivity contribution in [3.05, 3.63) is 35.9 Å². The van der Waals surface area contributed by atoms with E-state index in [-0.39, 0.29) is 5.88 Å². The van der Waals surface area contributed by atoms with Gasteiger partial charge in [-0.25, -0.2) is 4.79 Å². The molecule has 0 saturated heterocycles. The van der Waals surface area contributed by atoms with Crippen LogP contribution in [0.4, 0.5) is 5.69 Å². The highest BCUT2D eigenvalue weighted by molar-refractivity contribution is 5.91. The normalized spacial score (nSPS) is 13.0. The Kier molecular flexibility index (Phi) is 2.21. The third-order valence-corrected chi connectivity index (χ3v) is 1.96. The first kappa shape index (κ1) is 9.39. The van der Waals surface area contributed by atoms with Gasteiger partial charge in [-0.2, -0.15) is 0 Å². The quantitative estimate of drug-likeness (QED) is 0.685. The summed E-state index contributed by atoms with van der Waals surface area (Å²) in [5, 5.41) is 11.8. The fraction of sp³-hybridized carbons (Fsp3) is 0.100. The number of fused-ring (bicyclic) bond motifs is 1. The van der Waals surface area contributed by atoms with Crippen LogP contribution in [-0.4, -0.2) is 18.2 Å². The zero-order valence-corrected chi connectivity index (χ0v) is 7.98. The number of benzene rings is 1. The van der Waals surface area contributed by atoms with Gasteiger partial charge in [-0.15, -0.1) is 0 Å². The SMILES string of the molecule is COC(=O)c1ccc2c(c1)NC(O)=CO2. The number of rotatable bonds is 1. The van der Waals surface area contributed by atoms with Gasteiger partial charge in [0, 0.05) is 0 Å². The number of anilines is 1. The van der Waals surface area contributed by atoms with Crippen molar-refractivity contribution in [3.8, 4) is 5.75 Å². The van der Waals surface area contributed by atoms with Crippen molar-refractivity contribution in [2.24, 2.45) is 0 Å². The molecule has 1 aliphatic heterocycles. The van der Waals surface area contributed by atoms with E-state index in [2.05, 4.69) is 10.1 Å². The van der Waals surface area contributed by atoms with Crippen LogP contribution in [-0.2, 0) is 4.74 Å². The predicted molar refractivity (Wildman–Crippen MR) is 52.7 cm³/mol. The van der Waals surface area contributed by atoms with Crippen LogP contribution in [0.5, 0.6) is 5.75 Å². The van der Waals surface area contributed by atoms with Gasteiger partial charge in [-0.3, -0.25) is 0 Å². The molecule has 0 bridgehead atoms. The highest BCUT2D eigenvalue weighted by atomic mass is 16.5. The van der Waals surface area contributed by atoms with E-state index in [4.69, 9.17) is 9.84 Å². The Bertz CT molecular complexity index is 439. The highest BCUT2D eigenvalue weighted by Gasteiger charge is 2.14. The fourth-order valence-electron chi connectivity index (χ4n) is 1.26. The van der Waals surface area contributed by atoms with E-state index < -0.39 is 5.97 Å². The summed E-state index contributed by atoms with van der Waals surface area (Å²) in [4.78, 5) is 11.2. The Morgan fingerprint density at radius 1 is 1.53 bits per heavy atom. The third-order valence-electron chi connectivity index (χ3n) is 1.96. The number of methoxy groups -OCH3 is 1. The molecule has 1 aromatic rings. The van der Waals surface area contributed by atoms with E-state index in [1.165, 1.54) is 13.4 Å². The van der Waals surface area contributed by atoms with Crippen LogP contribution in [0, 0.1) is 0 Å². The monoisotopic (exact) mass is 207 g/mol. The van der Waals surface area contributed by atoms with Gasteiger partial charge in [0.15, 0.2) is 6.26 Å². The number of aliphatic hydroxyl groups excluding tert-OH is 1. The summed E-state index contributed by atoms with van der Waals surface area (Å²) >= 11 is 0. The van der Waals surface area contributed by atoms with Gasteiger partial charge in [0.2, 0.25) is 5.88 Å². The molecule has 0 radical (unpaired) electrons. The lowest BCUT2D eigenvalue weighted by atomic mass is 10.2. The van der Waals surface area contributed by atoms with E-state index in [1.807, 2.05) is 0 Å². The summed E-state index contributed by atoms with van der Waals surface area (Å²) < 4.78 is 9.65. The van der Waals surface area contributed by atoms with Crippen LogP contribution < -0.4 is 10.1 Å². The lowest BCUT2D eigenvalue weighted by molar-refractivity contribution is 0.0600. The van der Waals surface area contributed by atoms with Gasteiger partial charge in [0.05, 0.1) is 18.4 Å². The smallest absolute Gasteiger partial charge is 0.337 e. The van der Waals surface area contributed by atoms with E-state index in [0.29, 0.717) is 17.0 Å². The van der Waals surface area contributed by atoms with Crippen molar-refractivity contribution >= 4 is 11.7 Å². The number of hydrogen-bond donors (Lipinski definition) is 2. The fourth-order valence-corrected chi connectivity index (χ4v) is 1.26. The van der Waals surface area contributed by atoms with Crippen LogP contribution in [0.3, 0.4) is 0 Å². The number of esters is 1. The molecule has 5 nitrogen and oxygen atoms in total. The molecule has 5 heteroatoms. The molecule has 0 aromatic heterocycles. The number of aliphatic hydroxyl groups is 1. The van der Waals surface area contributed by atoms with Gasteiger partial charge >= 0.3 is 5.97 Å². The van der Waals surface area contributed by atoms with Crippen LogP contribution in [0.15, 0.2) is 30.3 Å². The molecule has 2 N–H and O–H groups in total. The first-order valence-corrected chi connectivity index (χ1v) is 4.26. The Hall–Kier alpha value is -2.17. The average molecular weight is 207 g/mol. The Labute approximate surface area is 85.9 Å². The second-order valence-electron chi connectivity index (χ2n) is 2.95. The van der Waals surface area contributed by atoms with E-state index in [1.54, 1.807) is 18.2 Å². The summed E-state index contributed by atoms with van der Waals surface area (Å²) in [5.41, 5.74) is 0.917. The van der Waals surface area contributed by atoms with Crippen LogP contribution >= 0.6 is 0 Å². The van der Waals surface area contributed by atoms with Gasteiger partial charge in [-0.05, 0) is 18.2 Å². The molecule has 0 spiro atoms. The van der Waals surface area contributed by atoms with Crippen LogP contribution in [0.1, 0.15) is 10.4 Å². The van der Waals surface area contributed by atoms with Crippen molar-refractivity contribution in [2.75, 3.05) is 12.4 Å². The number of carbonyl (C=O) groups is 1. The number of nitrogens with one attached hydrogen (secondary N) is 1. The lowest BCUT2D eigenvalue weighted by Crippen LogP contribution is -2.09. The van der Waals surface area contributed by atoms with Gasteiger partial charge in [-0.1, -0.05) is 0 Å². The number of carbonyl (C=O) groups excluding carboxylic acids is 1. The molecule has 0 atom stereocenters. The number of hydrogen-bond acceptors (Lipinski definition) is 5. The maximum Gasteiger partial charge on any atom is 0.337 e. The molecule has 1 aromatic carbocycles. The summed E-state index contributed by atoms with van der Waals surface area (Å²) in [7, 11) is 1.31. The first-order chi connectivity index (χ1) is 7.20. The minimum absolute atomic E-state index is 0.107. The van der Waals surface area contributed by atoms with E-state index in [0.717, 1.165) is 0 Å². The van der Waals surface area contributed by atoms with Crippen molar-refractivity contribution in [1.82, 2.24) is 0 Å². The van der Waals surface area contributed by atoms with Crippen molar-refractivity contribution < 1.29 is 19.4 Å². The first-order valence-electron chi connectivity index (χ1n) is 4.26. The van der Waals surface area contributed by atoms with Crippen molar-refractivity contribution in [2.45, 2.75) is 0 Å². The minimum atomic E-state index is -0.436. The van der Waals surface area contributed by atoms with E-state index >= 15 is 0 Å². The Morgan fingerprint density at radius 2 is 2.33 bits per heavy atom. The zero-order chi connectivity index (χ0) is 10.8. The topological polar surface area (TPSA) is 67.8 Å². The van der Waals surface area contributed by atoms with Gasteiger partial charge in [0.25, 0.3) is 0 Å². The molecule has 0 amide bonds. The summed E-state index contributed by atoms with van der Waals surface area (Å²) in [6, 6.07) is 4.75. The second-order valence-corrected chi connectivity index (χ2v) is 2.95. The maximum absolute atomic E-state index is 11.2. The van der Waals surface area contributed by atoms with Crippen molar-refractivity contribution in [3.63, 3.8) is 0 Å². The zero-order valence-electron chi connectivity index (χ0n) is 7.98. The van der Waals surface area contributed by atoms with Gasteiger partial charge < -0.3 is 19.9 Å². The van der Waals surface area contributed by atoms with Crippen LogP contribution in [0.2, 0.25) is 0 Å². The van der Waals surface area contributed by atoms with E-state index in [9.17, 15) is 4.79 Å². The van der Waals surface area contributed by atoms with Crippen LogP contribution in [0.25, 0.3) is 0 Å². The summed E-state index contributed by atoms with van der Waals surface area (Å²) in [6.45, 7) is 0. The molecule has 15 heavy (non-hydrogen) atoms. The summed E-state index contributed by atoms with van der Waals surface area (Å²) in [5.74, 6) is -0.00129. The summed E-state index contributed by atoms with van der Waals surface area (Å²) in [6.07, 6.45) is 1.18. The molecule has 0 saturated carbocycles. The number of ether oxygens (including phenoxy) is 2. The average Bonchev–Trinajstić information content (AvgIpc) is 2.27. The molecule has 0 fully saturated rings. The molecule has 1 heterocycles.